The van der Waals surface area contributed by atoms with Crippen LogP contribution in [-0.4, -0.2) is 0 Å². The number of hydrogen-bond donors (Lipinski definition) is 0. The molecule has 0 spiro atoms. The summed E-state index contributed by atoms with van der Waals surface area (Å²) in [6.45, 7) is 12.7. The highest BCUT2D eigenvalue weighted by Crippen LogP contribution is 2.47. The second-order valence-corrected chi connectivity index (χ2v) is 10.8. The Kier molecular flexibility index (Phi) is 8.25. The molecular weight excluding hydrogens is 491 g/mol. The van der Waals surface area contributed by atoms with Crippen LogP contribution in [0.5, 0.6) is 23.0 Å². The SMILES string of the molecule is CCC(C)(C)c1cc(Oc2cccc(Cl)c2C#N)c(C(C)(C)CC)cc1Oc1cccc(Cl)c1C#N. The third-order valence-corrected chi connectivity index (χ3v) is 7.55. The van der Waals surface area contributed by atoms with Crippen LogP contribution in [0.15, 0.2) is 48.5 Å². The van der Waals surface area contributed by atoms with Gasteiger partial charge in [-0.05, 0) is 60.1 Å². The van der Waals surface area contributed by atoms with Crippen LogP contribution in [0.2, 0.25) is 10.0 Å². The maximum atomic E-state index is 9.68. The molecule has 0 N–H and O–H groups in total. The molecule has 0 fully saturated rings. The summed E-state index contributed by atoms with van der Waals surface area (Å²) in [6, 6.07) is 18.6. The highest BCUT2D eigenvalue weighted by Gasteiger charge is 2.31. The minimum absolute atomic E-state index is 0.278. The summed E-state index contributed by atoms with van der Waals surface area (Å²) >= 11 is 12.6. The molecule has 3 aromatic rings. The van der Waals surface area contributed by atoms with E-state index < -0.39 is 0 Å². The highest BCUT2D eigenvalue weighted by atomic mass is 35.5. The predicted molar refractivity (Wildman–Crippen MR) is 146 cm³/mol. The fourth-order valence-electron chi connectivity index (χ4n) is 3.80. The van der Waals surface area contributed by atoms with Crippen LogP contribution in [0.4, 0.5) is 0 Å². The number of ether oxygens (including phenoxy) is 2. The van der Waals surface area contributed by atoms with E-state index in [4.69, 9.17) is 32.7 Å². The molecule has 3 rings (SSSR count). The number of benzene rings is 3. The lowest BCUT2D eigenvalue weighted by molar-refractivity contribution is 0.409. The third kappa shape index (κ3) is 5.46. The summed E-state index contributed by atoms with van der Waals surface area (Å²) in [5.41, 5.74) is 1.85. The van der Waals surface area contributed by atoms with Gasteiger partial charge in [0, 0.05) is 11.1 Å². The Hall–Kier alpha value is -3.18. The van der Waals surface area contributed by atoms with E-state index in [0.717, 1.165) is 24.0 Å². The van der Waals surface area contributed by atoms with Gasteiger partial charge in [-0.1, -0.05) is 76.9 Å². The third-order valence-electron chi connectivity index (χ3n) is 6.92. The molecule has 4 nitrogen and oxygen atoms in total. The van der Waals surface area contributed by atoms with Gasteiger partial charge in [0.15, 0.2) is 0 Å². The first-order valence-corrected chi connectivity index (χ1v) is 12.7. The smallest absolute Gasteiger partial charge is 0.146 e. The molecule has 0 saturated heterocycles. The zero-order valence-corrected chi connectivity index (χ0v) is 23.0. The minimum Gasteiger partial charge on any atom is -0.456 e. The Bertz CT molecular complexity index is 1260. The monoisotopic (exact) mass is 520 g/mol. The average Bonchev–Trinajstić information content (AvgIpc) is 2.84. The van der Waals surface area contributed by atoms with Crippen LogP contribution >= 0.6 is 23.2 Å². The molecule has 0 aromatic heterocycles. The van der Waals surface area contributed by atoms with E-state index in [0.29, 0.717) is 33.0 Å². The Balaban J connectivity index is 2.30. The van der Waals surface area contributed by atoms with Gasteiger partial charge in [-0.25, -0.2) is 0 Å². The largest absolute Gasteiger partial charge is 0.456 e. The number of nitriles is 2. The Morgan fingerprint density at radius 3 is 1.33 bits per heavy atom. The molecule has 0 amide bonds. The Morgan fingerprint density at radius 1 is 0.667 bits per heavy atom. The van der Waals surface area contributed by atoms with E-state index in [1.807, 2.05) is 12.1 Å². The lowest BCUT2D eigenvalue weighted by Gasteiger charge is -2.32. The van der Waals surface area contributed by atoms with Crippen LogP contribution in [0.25, 0.3) is 0 Å². The molecule has 0 aliphatic carbocycles. The summed E-state index contributed by atoms with van der Waals surface area (Å²) in [4.78, 5) is 0. The first kappa shape index (κ1) is 27.4. The maximum absolute atomic E-state index is 9.68. The summed E-state index contributed by atoms with van der Waals surface area (Å²) in [6.07, 6.45) is 1.67. The maximum Gasteiger partial charge on any atom is 0.146 e. The van der Waals surface area contributed by atoms with Crippen LogP contribution in [0.3, 0.4) is 0 Å². The number of rotatable bonds is 8. The van der Waals surface area contributed by atoms with Crippen LogP contribution in [0, 0.1) is 22.7 Å². The predicted octanol–water partition coefficient (Wildman–Crippen LogP) is 9.70. The zero-order valence-electron chi connectivity index (χ0n) is 21.5. The summed E-state index contributed by atoms with van der Waals surface area (Å²) < 4.78 is 12.8. The second-order valence-electron chi connectivity index (χ2n) is 9.97. The highest BCUT2D eigenvalue weighted by molar-refractivity contribution is 6.32. The van der Waals surface area contributed by atoms with E-state index >= 15 is 0 Å². The molecule has 0 heterocycles. The normalized spacial score (nSPS) is 11.5. The molecular formula is C30H30Cl2N2O2. The molecule has 0 saturated carbocycles. The van der Waals surface area contributed by atoms with Gasteiger partial charge in [0.2, 0.25) is 0 Å². The van der Waals surface area contributed by atoms with Gasteiger partial charge >= 0.3 is 0 Å². The molecule has 3 aromatic carbocycles. The van der Waals surface area contributed by atoms with Crippen molar-refractivity contribution in [1.29, 1.82) is 10.5 Å². The standard InChI is InChI=1S/C30H30Cl2N2O2/c1-7-29(3,4)21-15-28(36-26-14-10-12-24(32)20(26)18-34)22(30(5,6)8-2)16-27(21)35-25-13-9-11-23(31)19(25)17-33/h9-16H,7-8H2,1-6H3. The molecule has 0 radical (unpaired) electrons. The van der Waals surface area contributed by atoms with Gasteiger partial charge in [0.25, 0.3) is 0 Å². The summed E-state index contributed by atoms with van der Waals surface area (Å²) in [5.74, 6) is 2.06. The summed E-state index contributed by atoms with van der Waals surface area (Å²) in [5, 5.41) is 20.0. The van der Waals surface area contributed by atoms with Crippen molar-refractivity contribution < 1.29 is 9.47 Å². The van der Waals surface area contributed by atoms with Gasteiger partial charge in [-0.2, -0.15) is 10.5 Å². The molecule has 0 atom stereocenters. The van der Waals surface area contributed by atoms with Crippen LogP contribution in [0.1, 0.15) is 76.6 Å². The van der Waals surface area contributed by atoms with Gasteiger partial charge in [0.05, 0.1) is 10.0 Å². The first-order valence-electron chi connectivity index (χ1n) is 11.9. The van der Waals surface area contributed by atoms with Crippen molar-refractivity contribution in [3.63, 3.8) is 0 Å². The van der Waals surface area contributed by atoms with Crippen molar-refractivity contribution in [2.24, 2.45) is 0 Å². The van der Waals surface area contributed by atoms with E-state index in [1.54, 1.807) is 36.4 Å². The number of halogens is 2. The number of hydrogen-bond acceptors (Lipinski definition) is 4. The Labute approximate surface area is 224 Å². The lowest BCUT2D eigenvalue weighted by atomic mass is 9.77. The molecule has 36 heavy (non-hydrogen) atoms. The van der Waals surface area contributed by atoms with Crippen molar-refractivity contribution in [3.05, 3.63) is 80.8 Å². The van der Waals surface area contributed by atoms with Gasteiger partial charge in [0.1, 0.15) is 46.3 Å². The van der Waals surface area contributed by atoms with Gasteiger partial charge < -0.3 is 9.47 Å². The van der Waals surface area contributed by atoms with Crippen molar-refractivity contribution >= 4 is 23.2 Å². The zero-order chi connectivity index (χ0) is 26.7. The van der Waals surface area contributed by atoms with Crippen molar-refractivity contribution in [1.82, 2.24) is 0 Å². The molecule has 0 aliphatic rings. The molecule has 0 unspecified atom stereocenters. The first-order chi connectivity index (χ1) is 17.0. The van der Waals surface area contributed by atoms with Crippen molar-refractivity contribution in [2.75, 3.05) is 0 Å². The topological polar surface area (TPSA) is 66.0 Å². The quantitative estimate of drug-likeness (QED) is 0.296. The molecule has 186 valence electrons. The molecule has 6 heteroatoms. The second kappa shape index (κ2) is 10.8. The van der Waals surface area contributed by atoms with E-state index in [1.165, 1.54) is 0 Å². The average molecular weight is 521 g/mol. The molecule has 0 bridgehead atoms. The number of nitrogens with zero attached hydrogens (tertiary/aromatic N) is 2. The minimum atomic E-state index is -0.278. The van der Waals surface area contributed by atoms with Crippen molar-refractivity contribution in [2.45, 2.75) is 65.2 Å². The van der Waals surface area contributed by atoms with E-state index in [2.05, 4.69) is 53.7 Å². The molecule has 0 aliphatic heterocycles. The van der Waals surface area contributed by atoms with Crippen molar-refractivity contribution in [3.8, 4) is 35.1 Å². The Morgan fingerprint density at radius 2 is 1.03 bits per heavy atom. The lowest BCUT2D eigenvalue weighted by Crippen LogP contribution is -2.21. The van der Waals surface area contributed by atoms with Crippen LogP contribution < -0.4 is 9.47 Å². The van der Waals surface area contributed by atoms with Gasteiger partial charge in [-0.15, -0.1) is 0 Å². The van der Waals surface area contributed by atoms with Gasteiger partial charge in [-0.3, -0.25) is 0 Å². The summed E-state index contributed by atoms with van der Waals surface area (Å²) in [7, 11) is 0. The van der Waals surface area contributed by atoms with E-state index in [9.17, 15) is 10.5 Å². The fraction of sp³-hybridized carbons (Fsp3) is 0.333. The van der Waals surface area contributed by atoms with Crippen LogP contribution in [-0.2, 0) is 10.8 Å². The van der Waals surface area contributed by atoms with E-state index in [-0.39, 0.29) is 22.0 Å². The fourth-order valence-corrected chi connectivity index (χ4v) is 4.22.